The number of aliphatic hydroxyl groups is 1. The normalized spacial score (nSPS) is 12.0. The Morgan fingerprint density at radius 1 is 1.35 bits per heavy atom. The van der Waals surface area contributed by atoms with E-state index in [-0.39, 0.29) is 12.1 Å². The van der Waals surface area contributed by atoms with E-state index in [0.29, 0.717) is 18.0 Å². The van der Waals surface area contributed by atoms with Gasteiger partial charge in [0.25, 0.3) is 0 Å². The zero-order valence-electron chi connectivity index (χ0n) is 12.1. The number of nitrogens with zero attached hydrogens (tertiary/aromatic N) is 3. The summed E-state index contributed by atoms with van der Waals surface area (Å²) < 4.78 is 40.8. The van der Waals surface area contributed by atoms with E-state index in [1.807, 2.05) is 0 Å². The van der Waals surface area contributed by atoms with Gasteiger partial charge in [-0.15, -0.1) is 0 Å². The van der Waals surface area contributed by atoms with E-state index in [9.17, 15) is 23.1 Å². The van der Waals surface area contributed by atoms with Crippen LogP contribution in [0.5, 0.6) is 0 Å². The third-order valence-electron chi connectivity index (χ3n) is 2.95. The molecule has 0 aliphatic heterocycles. The number of rotatable bonds is 5. The van der Waals surface area contributed by atoms with E-state index < -0.39 is 36.1 Å². The summed E-state index contributed by atoms with van der Waals surface area (Å²) in [5.41, 5.74) is -0.102. The largest absolute Gasteiger partial charge is 0.394 e. The maximum absolute atomic E-state index is 13.2. The second-order valence-electron chi connectivity index (χ2n) is 4.70. The summed E-state index contributed by atoms with van der Waals surface area (Å²) in [5, 5.41) is 17.9. The molecule has 10 heteroatoms. The van der Waals surface area contributed by atoms with Gasteiger partial charge < -0.3 is 15.7 Å². The van der Waals surface area contributed by atoms with Crippen molar-refractivity contribution in [2.75, 3.05) is 6.61 Å². The predicted octanol–water partition coefficient (Wildman–Crippen LogP) is 0.765. The summed E-state index contributed by atoms with van der Waals surface area (Å²) in [6.07, 6.45) is 1.45. The molecule has 23 heavy (non-hydrogen) atoms. The molecular formula is C13H14F3N5O2. The molecule has 1 unspecified atom stereocenters. The Kier molecular flexibility index (Phi) is 5.16. The minimum Gasteiger partial charge on any atom is -0.394 e. The van der Waals surface area contributed by atoms with Crippen molar-refractivity contribution in [3.63, 3.8) is 0 Å². The first-order valence-electron chi connectivity index (χ1n) is 6.55. The van der Waals surface area contributed by atoms with Crippen molar-refractivity contribution in [2.24, 2.45) is 7.05 Å². The van der Waals surface area contributed by atoms with Crippen LogP contribution >= 0.6 is 0 Å². The molecule has 0 saturated heterocycles. The number of carbonyl (C=O) groups excluding carboxylic acids is 1. The van der Waals surface area contributed by atoms with Gasteiger partial charge in [-0.1, -0.05) is 0 Å². The van der Waals surface area contributed by atoms with Gasteiger partial charge in [0.1, 0.15) is 6.33 Å². The topological polar surface area (TPSA) is 92.1 Å². The molecule has 1 aromatic carbocycles. The maximum Gasteiger partial charge on any atom is 0.315 e. The standard InChI is InChI=1S/C13H14F3N5O2/c1-21-6-18-11(20-21)4-17-13(23)19-10(5-22)7-2-8(14)12(16)9(15)3-7/h2-3,6,10,22H,4-5H2,1H3,(H2,17,19,23). The molecule has 2 rings (SSSR count). The Hall–Kier alpha value is -2.62. The lowest BCUT2D eigenvalue weighted by Gasteiger charge is -2.17. The highest BCUT2D eigenvalue weighted by molar-refractivity contribution is 5.74. The number of benzene rings is 1. The molecule has 1 aromatic heterocycles. The van der Waals surface area contributed by atoms with Crippen LogP contribution in [0.25, 0.3) is 0 Å². The minimum absolute atomic E-state index is 0.0248. The number of carbonyl (C=O) groups is 1. The number of halogens is 3. The van der Waals surface area contributed by atoms with E-state index in [0.717, 1.165) is 0 Å². The SMILES string of the molecule is Cn1cnc(CNC(=O)NC(CO)c2cc(F)c(F)c(F)c2)n1. The number of aryl methyl sites for hydroxylation is 1. The van der Waals surface area contributed by atoms with Crippen molar-refractivity contribution in [3.05, 3.63) is 47.3 Å². The van der Waals surface area contributed by atoms with E-state index >= 15 is 0 Å². The van der Waals surface area contributed by atoms with Crippen LogP contribution in [-0.2, 0) is 13.6 Å². The van der Waals surface area contributed by atoms with Gasteiger partial charge in [-0.25, -0.2) is 22.9 Å². The molecule has 2 aromatic rings. The number of aliphatic hydroxyl groups excluding tert-OH is 1. The zero-order valence-corrected chi connectivity index (χ0v) is 12.1. The van der Waals surface area contributed by atoms with Crippen LogP contribution in [-0.4, -0.2) is 32.5 Å². The van der Waals surface area contributed by atoms with Crippen LogP contribution in [0.3, 0.4) is 0 Å². The molecule has 7 nitrogen and oxygen atoms in total. The zero-order chi connectivity index (χ0) is 17.0. The second-order valence-corrected chi connectivity index (χ2v) is 4.70. The Bertz CT molecular complexity index is 684. The fraction of sp³-hybridized carbons (Fsp3) is 0.308. The number of aromatic nitrogens is 3. The van der Waals surface area contributed by atoms with Gasteiger partial charge in [-0.05, 0) is 17.7 Å². The molecule has 0 saturated carbocycles. The first kappa shape index (κ1) is 16.7. The van der Waals surface area contributed by atoms with Crippen LogP contribution < -0.4 is 10.6 Å². The van der Waals surface area contributed by atoms with Gasteiger partial charge in [0.15, 0.2) is 23.3 Å². The minimum atomic E-state index is -1.61. The number of amides is 2. The van der Waals surface area contributed by atoms with Gasteiger partial charge in [-0.2, -0.15) is 5.10 Å². The molecular weight excluding hydrogens is 315 g/mol. The quantitative estimate of drug-likeness (QED) is 0.707. The molecule has 0 radical (unpaired) electrons. The summed E-state index contributed by atoms with van der Waals surface area (Å²) in [6, 6.07) is -0.391. The lowest BCUT2D eigenvalue weighted by Crippen LogP contribution is -2.39. The van der Waals surface area contributed by atoms with Crippen LogP contribution in [0.15, 0.2) is 18.5 Å². The summed E-state index contributed by atoms with van der Waals surface area (Å²) >= 11 is 0. The molecule has 0 aliphatic carbocycles. The van der Waals surface area contributed by atoms with Crippen LogP contribution in [0, 0.1) is 17.5 Å². The van der Waals surface area contributed by atoms with Crippen molar-refractivity contribution in [1.82, 2.24) is 25.4 Å². The average molecular weight is 329 g/mol. The van der Waals surface area contributed by atoms with E-state index in [1.165, 1.54) is 11.0 Å². The molecule has 0 bridgehead atoms. The van der Waals surface area contributed by atoms with E-state index in [2.05, 4.69) is 20.7 Å². The monoisotopic (exact) mass is 329 g/mol. The summed E-state index contributed by atoms with van der Waals surface area (Å²) in [5.74, 6) is -4.06. The Balaban J connectivity index is 1.99. The second kappa shape index (κ2) is 7.09. The van der Waals surface area contributed by atoms with Gasteiger partial charge in [0.05, 0.1) is 19.2 Å². The molecule has 0 aliphatic rings. The fourth-order valence-corrected chi connectivity index (χ4v) is 1.84. The Morgan fingerprint density at radius 2 is 2.00 bits per heavy atom. The molecule has 1 heterocycles. The summed E-state index contributed by atoms with van der Waals surface area (Å²) in [6.45, 7) is -0.600. The van der Waals surface area contributed by atoms with Gasteiger partial charge in [0, 0.05) is 7.05 Å². The third kappa shape index (κ3) is 4.19. The highest BCUT2D eigenvalue weighted by Crippen LogP contribution is 2.19. The van der Waals surface area contributed by atoms with Crippen molar-refractivity contribution in [3.8, 4) is 0 Å². The third-order valence-corrected chi connectivity index (χ3v) is 2.95. The molecule has 0 spiro atoms. The van der Waals surface area contributed by atoms with Gasteiger partial charge in [0.2, 0.25) is 0 Å². The first-order valence-corrected chi connectivity index (χ1v) is 6.55. The lowest BCUT2D eigenvalue weighted by atomic mass is 10.1. The fourth-order valence-electron chi connectivity index (χ4n) is 1.84. The first-order chi connectivity index (χ1) is 10.9. The predicted molar refractivity (Wildman–Crippen MR) is 72.5 cm³/mol. The molecule has 3 N–H and O–H groups in total. The van der Waals surface area contributed by atoms with E-state index in [4.69, 9.17) is 0 Å². The van der Waals surface area contributed by atoms with Gasteiger partial charge >= 0.3 is 6.03 Å². The van der Waals surface area contributed by atoms with Crippen LogP contribution in [0.2, 0.25) is 0 Å². The summed E-state index contributed by atoms with van der Waals surface area (Å²) in [4.78, 5) is 15.6. The highest BCUT2D eigenvalue weighted by atomic mass is 19.2. The van der Waals surface area contributed by atoms with Crippen LogP contribution in [0.4, 0.5) is 18.0 Å². The van der Waals surface area contributed by atoms with Crippen LogP contribution in [0.1, 0.15) is 17.4 Å². The smallest absolute Gasteiger partial charge is 0.315 e. The van der Waals surface area contributed by atoms with Crippen molar-refractivity contribution >= 4 is 6.03 Å². The highest BCUT2D eigenvalue weighted by Gasteiger charge is 2.18. The number of hydrogen-bond donors (Lipinski definition) is 3. The number of nitrogens with one attached hydrogen (secondary N) is 2. The summed E-state index contributed by atoms with van der Waals surface area (Å²) in [7, 11) is 1.66. The van der Waals surface area contributed by atoms with Crippen molar-refractivity contribution in [2.45, 2.75) is 12.6 Å². The molecule has 2 amide bonds. The van der Waals surface area contributed by atoms with Gasteiger partial charge in [-0.3, -0.25) is 4.68 Å². The Labute approximate surface area is 129 Å². The lowest BCUT2D eigenvalue weighted by molar-refractivity contribution is 0.216. The molecule has 0 fully saturated rings. The molecule has 124 valence electrons. The van der Waals surface area contributed by atoms with Crippen molar-refractivity contribution < 1.29 is 23.1 Å². The number of urea groups is 1. The number of hydrogen-bond acceptors (Lipinski definition) is 4. The van der Waals surface area contributed by atoms with Crippen molar-refractivity contribution in [1.29, 1.82) is 0 Å². The van der Waals surface area contributed by atoms with E-state index in [1.54, 1.807) is 7.05 Å². The average Bonchev–Trinajstić information content (AvgIpc) is 2.93. The maximum atomic E-state index is 13.2. The Morgan fingerprint density at radius 3 is 2.52 bits per heavy atom. The molecule has 1 atom stereocenters.